The Hall–Kier alpha value is -1.01. The number of hydrogen-bond acceptors (Lipinski definition) is 6. The van der Waals surface area contributed by atoms with Crippen molar-refractivity contribution in [1.82, 2.24) is 19.8 Å². The summed E-state index contributed by atoms with van der Waals surface area (Å²) >= 11 is 6.65. The van der Waals surface area contributed by atoms with Crippen LogP contribution >= 0.6 is 23.1 Å². The lowest BCUT2D eigenvalue weighted by Crippen LogP contribution is -1.77. The van der Waals surface area contributed by atoms with E-state index in [9.17, 15) is 0 Å². The van der Waals surface area contributed by atoms with E-state index in [2.05, 4.69) is 19.8 Å². The summed E-state index contributed by atoms with van der Waals surface area (Å²) < 4.78 is 8.71. The molecule has 2 aromatic heterocycles. The molecule has 5 nitrogen and oxygen atoms in total. The molecular weight excluding hydrogens is 200 g/mol. The smallest absolute Gasteiger partial charge is 0.313 e. The van der Waals surface area contributed by atoms with Crippen LogP contribution in [0.25, 0.3) is 10.8 Å². The second-order valence-electron chi connectivity index (χ2n) is 2.05. The molecule has 7 heteroatoms. The molecule has 0 saturated carbocycles. The van der Waals surface area contributed by atoms with Crippen molar-refractivity contribution >= 4 is 23.1 Å². The number of nitrogens with zero attached hydrogens (tertiary/aromatic N) is 4. The van der Waals surface area contributed by atoms with Crippen molar-refractivity contribution in [3.8, 4) is 10.8 Å². The molecule has 0 saturated heterocycles. The average molecular weight is 203 g/mol. The maximum Gasteiger partial charge on any atom is 0.313 e. The lowest BCUT2D eigenvalue weighted by atomic mass is 10.4. The second-order valence-corrected chi connectivity index (χ2v) is 3.13. The third-order valence-electron chi connectivity index (χ3n) is 1.25. The monoisotopic (exact) mass is 202 g/mol. The Labute approximate surface area is 76.5 Å². The molecule has 0 aliphatic rings. The van der Waals surface area contributed by atoms with Crippen LogP contribution in [-0.4, -0.2) is 19.8 Å². The van der Waals surface area contributed by atoms with Crippen LogP contribution in [0.2, 0.25) is 5.35 Å². The fraction of sp³-hybridized carbons (Fsp3) is 0.200. The molecule has 0 spiro atoms. The molecule has 12 heavy (non-hydrogen) atoms. The second kappa shape index (κ2) is 2.80. The molecule has 0 aromatic carbocycles. The fourth-order valence-corrected chi connectivity index (χ4v) is 1.41. The van der Waals surface area contributed by atoms with Crippen molar-refractivity contribution in [2.75, 3.05) is 0 Å². The maximum absolute atomic E-state index is 5.45. The summed E-state index contributed by atoms with van der Waals surface area (Å²) in [5.74, 6) is 0.368. The van der Waals surface area contributed by atoms with Gasteiger partial charge < -0.3 is 4.42 Å². The number of rotatable bonds is 1. The summed E-state index contributed by atoms with van der Waals surface area (Å²) in [4.78, 5) is 0.759. The minimum Gasteiger partial charge on any atom is -0.406 e. The Morgan fingerprint density at radius 1 is 1.33 bits per heavy atom. The van der Waals surface area contributed by atoms with Crippen LogP contribution in [0.4, 0.5) is 0 Å². The highest BCUT2D eigenvalue weighted by molar-refractivity contribution is 7.09. The van der Waals surface area contributed by atoms with E-state index in [4.69, 9.17) is 16.0 Å². The predicted octanol–water partition coefficient (Wildman–Crippen LogP) is 1.55. The van der Waals surface area contributed by atoms with Crippen LogP contribution in [0.3, 0.4) is 0 Å². The van der Waals surface area contributed by atoms with E-state index >= 15 is 0 Å². The molecule has 0 unspecified atom stereocenters. The number of aryl methyl sites for hydroxylation is 1. The Bertz CT molecular complexity index is 398. The molecule has 0 aliphatic carbocycles. The van der Waals surface area contributed by atoms with Gasteiger partial charge in [-0.1, -0.05) is 9.59 Å². The van der Waals surface area contributed by atoms with Gasteiger partial charge in [-0.05, 0) is 30.1 Å². The molecule has 0 fully saturated rings. The Morgan fingerprint density at radius 3 is 2.67 bits per heavy atom. The van der Waals surface area contributed by atoms with Gasteiger partial charge in [-0.3, -0.25) is 0 Å². The lowest BCUT2D eigenvalue weighted by Gasteiger charge is -1.84. The van der Waals surface area contributed by atoms with E-state index in [-0.39, 0.29) is 5.35 Å². The van der Waals surface area contributed by atoms with Crippen molar-refractivity contribution in [2.24, 2.45) is 0 Å². The summed E-state index contributed by atoms with van der Waals surface area (Å²) in [6.07, 6.45) is 0. The van der Waals surface area contributed by atoms with E-state index in [0.717, 1.165) is 10.6 Å². The van der Waals surface area contributed by atoms with Gasteiger partial charge in [0.15, 0.2) is 0 Å². The SMILES string of the molecule is Cc1nnsc1-c1nnc(Cl)o1. The van der Waals surface area contributed by atoms with E-state index in [1.165, 1.54) is 11.5 Å². The molecule has 0 radical (unpaired) electrons. The van der Waals surface area contributed by atoms with E-state index in [1.54, 1.807) is 0 Å². The van der Waals surface area contributed by atoms with E-state index < -0.39 is 0 Å². The molecule has 62 valence electrons. The van der Waals surface area contributed by atoms with Crippen molar-refractivity contribution in [2.45, 2.75) is 6.92 Å². The number of halogens is 1. The van der Waals surface area contributed by atoms with Crippen molar-refractivity contribution in [3.05, 3.63) is 11.0 Å². The van der Waals surface area contributed by atoms with Crippen LogP contribution in [0.1, 0.15) is 5.69 Å². The fourth-order valence-electron chi connectivity index (χ4n) is 0.725. The van der Waals surface area contributed by atoms with Crippen molar-refractivity contribution < 1.29 is 4.42 Å². The van der Waals surface area contributed by atoms with Crippen LogP contribution in [-0.2, 0) is 0 Å². The zero-order valence-electron chi connectivity index (χ0n) is 5.98. The molecule has 2 aromatic rings. The van der Waals surface area contributed by atoms with Gasteiger partial charge in [0.25, 0.3) is 5.89 Å². The number of hydrogen-bond donors (Lipinski definition) is 0. The summed E-state index contributed by atoms with van der Waals surface area (Å²) in [5.41, 5.74) is 0.764. The first-order valence-corrected chi connectivity index (χ1v) is 4.21. The summed E-state index contributed by atoms with van der Waals surface area (Å²) in [7, 11) is 0. The largest absolute Gasteiger partial charge is 0.406 e. The van der Waals surface area contributed by atoms with E-state index in [0.29, 0.717) is 5.89 Å². The highest BCUT2D eigenvalue weighted by Crippen LogP contribution is 2.24. The van der Waals surface area contributed by atoms with Gasteiger partial charge in [0.05, 0.1) is 5.69 Å². The summed E-state index contributed by atoms with van der Waals surface area (Å²) in [5, 5.41) is 11.0. The summed E-state index contributed by atoms with van der Waals surface area (Å²) in [6.45, 7) is 1.82. The standard InChI is InChI=1S/C5H3ClN4OS/c1-2-3(12-10-7-2)4-8-9-5(6)11-4/h1H3. The van der Waals surface area contributed by atoms with Gasteiger partial charge in [0.2, 0.25) is 0 Å². The Kier molecular flexibility index (Phi) is 1.78. The number of aromatic nitrogens is 4. The zero-order valence-corrected chi connectivity index (χ0v) is 7.56. The van der Waals surface area contributed by atoms with Gasteiger partial charge in [0, 0.05) is 0 Å². The van der Waals surface area contributed by atoms with Gasteiger partial charge in [-0.2, -0.15) is 0 Å². The van der Waals surface area contributed by atoms with E-state index in [1.807, 2.05) is 6.92 Å². The first kappa shape index (κ1) is 7.63. The summed E-state index contributed by atoms with van der Waals surface area (Å²) in [6, 6.07) is 0. The molecule has 0 amide bonds. The van der Waals surface area contributed by atoms with Gasteiger partial charge in [-0.25, -0.2) is 0 Å². The van der Waals surface area contributed by atoms with Crippen LogP contribution < -0.4 is 0 Å². The minimum absolute atomic E-state index is 0.0257. The van der Waals surface area contributed by atoms with Crippen LogP contribution in [0.5, 0.6) is 0 Å². The van der Waals surface area contributed by atoms with Crippen LogP contribution in [0, 0.1) is 6.92 Å². The lowest BCUT2D eigenvalue weighted by molar-refractivity contribution is 0.572. The first-order valence-electron chi connectivity index (χ1n) is 3.05. The maximum atomic E-state index is 5.45. The third kappa shape index (κ3) is 1.19. The first-order chi connectivity index (χ1) is 5.77. The molecule has 0 atom stereocenters. The highest BCUT2D eigenvalue weighted by Gasteiger charge is 2.12. The topological polar surface area (TPSA) is 64.7 Å². The molecule has 0 N–H and O–H groups in total. The minimum atomic E-state index is 0.0257. The van der Waals surface area contributed by atoms with Crippen molar-refractivity contribution in [3.63, 3.8) is 0 Å². The molecule has 0 aliphatic heterocycles. The van der Waals surface area contributed by atoms with Crippen molar-refractivity contribution in [1.29, 1.82) is 0 Å². The Morgan fingerprint density at radius 2 is 2.17 bits per heavy atom. The van der Waals surface area contributed by atoms with Crippen LogP contribution in [0.15, 0.2) is 4.42 Å². The van der Waals surface area contributed by atoms with Gasteiger partial charge in [-0.15, -0.1) is 10.2 Å². The molecule has 0 bridgehead atoms. The molecule has 2 rings (SSSR count). The predicted molar refractivity (Wildman–Crippen MR) is 42.9 cm³/mol. The quantitative estimate of drug-likeness (QED) is 0.702. The molecular formula is C5H3ClN4OS. The van der Waals surface area contributed by atoms with Gasteiger partial charge >= 0.3 is 5.35 Å². The normalized spacial score (nSPS) is 10.5. The molecule has 2 heterocycles. The Balaban J connectivity index is 2.50. The van der Waals surface area contributed by atoms with Gasteiger partial charge in [0.1, 0.15) is 4.88 Å². The zero-order chi connectivity index (χ0) is 8.55. The highest BCUT2D eigenvalue weighted by atomic mass is 35.5. The average Bonchev–Trinajstić information content (AvgIpc) is 2.58. The third-order valence-corrected chi connectivity index (χ3v) is 2.21.